The number of anilines is 1. The van der Waals surface area contributed by atoms with Gasteiger partial charge >= 0.3 is 0 Å². The van der Waals surface area contributed by atoms with Gasteiger partial charge in [0.2, 0.25) is 11.8 Å². The zero-order chi connectivity index (χ0) is 13.7. The van der Waals surface area contributed by atoms with E-state index in [1.54, 1.807) is 32.2 Å². The van der Waals surface area contributed by atoms with Crippen LogP contribution in [0.25, 0.3) is 0 Å². The summed E-state index contributed by atoms with van der Waals surface area (Å²) in [5.41, 5.74) is 7.00. The van der Waals surface area contributed by atoms with Crippen molar-refractivity contribution in [3.05, 3.63) is 29.3 Å². The quantitative estimate of drug-likeness (QED) is 0.724. The number of carbonyl (C=O) groups is 2. The van der Waals surface area contributed by atoms with E-state index >= 15 is 0 Å². The third kappa shape index (κ3) is 3.30. The number of hydrogen-bond acceptors (Lipinski definition) is 3. The Balaban J connectivity index is 2.88. The monoisotopic (exact) mass is 249 g/mol. The lowest BCUT2D eigenvalue weighted by Crippen LogP contribution is -2.29. The van der Waals surface area contributed by atoms with E-state index in [-0.39, 0.29) is 11.8 Å². The van der Waals surface area contributed by atoms with E-state index in [0.29, 0.717) is 23.4 Å². The van der Waals surface area contributed by atoms with Gasteiger partial charge in [-0.3, -0.25) is 9.59 Å². The molecule has 0 fully saturated rings. The molecule has 5 heteroatoms. The Morgan fingerprint density at radius 1 is 1.39 bits per heavy atom. The Morgan fingerprint density at radius 3 is 2.61 bits per heavy atom. The molecule has 0 aliphatic heterocycles. The summed E-state index contributed by atoms with van der Waals surface area (Å²) in [6.07, 6.45) is 0. The van der Waals surface area contributed by atoms with E-state index in [4.69, 9.17) is 5.73 Å². The maximum atomic E-state index is 11.9. The number of amides is 2. The van der Waals surface area contributed by atoms with Crippen LogP contribution in [0.1, 0.15) is 22.8 Å². The van der Waals surface area contributed by atoms with Gasteiger partial charge in [-0.05, 0) is 31.7 Å². The highest BCUT2D eigenvalue weighted by Gasteiger charge is 2.14. The van der Waals surface area contributed by atoms with Gasteiger partial charge < -0.3 is 16.4 Å². The highest BCUT2D eigenvalue weighted by molar-refractivity contribution is 5.98. The van der Waals surface area contributed by atoms with Gasteiger partial charge in [-0.1, -0.05) is 13.0 Å². The normalized spacial score (nSPS) is 11.9. The summed E-state index contributed by atoms with van der Waals surface area (Å²) in [6.45, 7) is 4.19. The van der Waals surface area contributed by atoms with E-state index in [1.165, 1.54) is 0 Å². The van der Waals surface area contributed by atoms with Crippen molar-refractivity contribution in [1.29, 1.82) is 0 Å². The molecule has 0 aliphatic rings. The van der Waals surface area contributed by atoms with Crippen molar-refractivity contribution in [1.82, 2.24) is 5.32 Å². The van der Waals surface area contributed by atoms with Crippen molar-refractivity contribution in [2.24, 2.45) is 11.7 Å². The summed E-state index contributed by atoms with van der Waals surface area (Å²) < 4.78 is 0. The fourth-order valence-corrected chi connectivity index (χ4v) is 1.69. The predicted octanol–water partition coefficient (Wildman–Crippen LogP) is 0.888. The SMILES string of the molecule is CNCC(C)C(=O)Nc1cccc(C(N)=O)c1C. The summed E-state index contributed by atoms with van der Waals surface area (Å²) >= 11 is 0. The van der Waals surface area contributed by atoms with Crippen molar-refractivity contribution in [2.45, 2.75) is 13.8 Å². The van der Waals surface area contributed by atoms with Gasteiger partial charge in [0.05, 0.1) is 0 Å². The summed E-state index contributed by atoms with van der Waals surface area (Å²) in [7, 11) is 1.79. The number of benzene rings is 1. The standard InChI is InChI=1S/C13H19N3O2/c1-8(7-15-3)13(18)16-11-6-4-5-10(9(11)2)12(14)17/h4-6,8,15H,7H2,1-3H3,(H2,14,17)(H,16,18). The molecule has 0 bridgehead atoms. The van der Waals surface area contributed by atoms with Crippen LogP contribution >= 0.6 is 0 Å². The second-order valence-corrected chi connectivity index (χ2v) is 4.29. The molecule has 1 rings (SSSR count). The fraction of sp³-hybridized carbons (Fsp3) is 0.385. The molecule has 0 aliphatic carbocycles. The molecule has 98 valence electrons. The molecule has 18 heavy (non-hydrogen) atoms. The minimum absolute atomic E-state index is 0.0888. The Kier molecular flexibility index (Phi) is 4.85. The summed E-state index contributed by atoms with van der Waals surface area (Å²) in [5.74, 6) is -0.729. The van der Waals surface area contributed by atoms with Crippen LogP contribution < -0.4 is 16.4 Å². The highest BCUT2D eigenvalue weighted by atomic mass is 16.2. The number of primary amides is 1. The molecule has 0 saturated heterocycles. The van der Waals surface area contributed by atoms with Gasteiger partial charge in [0.1, 0.15) is 0 Å². The number of nitrogens with two attached hydrogens (primary N) is 1. The van der Waals surface area contributed by atoms with Crippen LogP contribution in [-0.4, -0.2) is 25.4 Å². The molecule has 1 unspecified atom stereocenters. The topological polar surface area (TPSA) is 84.2 Å². The van der Waals surface area contributed by atoms with Crippen LogP contribution in [0.3, 0.4) is 0 Å². The van der Waals surface area contributed by atoms with E-state index < -0.39 is 5.91 Å². The first-order valence-corrected chi connectivity index (χ1v) is 5.82. The van der Waals surface area contributed by atoms with Crippen LogP contribution in [0.5, 0.6) is 0 Å². The van der Waals surface area contributed by atoms with Crippen molar-refractivity contribution < 1.29 is 9.59 Å². The van der Waals surface area contributed by atoms with Gasteiger partial charge in [0, 0.05) is 23.7 Å². The smallest absolute Gasteiger partial charge is 0.249 e. The molecule has 1 aromatic carbocycles. The Morgan fingerprint density at radius 2 is 2.06 bits per heavy atom. The molecule has 1 aromatic rings. The first-order chi connectivity index (χ1) is 8.47. The molecule has 5 nitrogen and oxygen atoms in total. The van der Waals surface area contributed by atoms with Crippen LogP contribution in [0.15, 0.2) is 18.2 Å². The Labute approximate surface area is 107 Å². The zero-order valence-corrected chi connectivity index (χ0v) is 10.9. The molecule has 0 aromatic heterocycles. The van der Waals surface area contributed by atoms with E-state index in [1.807, 2.05) is 6.92 Å². The first kappa shape index (κ1) is 14.2. The number of carbonyl (C=O) groups excluding carboxylic acids is 2. The van der Waals surface area contributed by atoms with Crippen molar-refractivity contribution >= 4 is 17.5 Å². The summed E-state index contributed by atoms with van der Waals surface area (Å²) in [5, 5.41) is 5.75. The highest BCUT2D eigenvalue weighted by Crippen LogP contribution is 2.19. The number of nitrogens with one attached hydrogen (secondary N) is 2. The molecular weight excluding hydrogens is 230 g/mol. The zero-order valence-electron chi connectivity index (χ0n) is 10.9. The second kappa shape index (κ2) is 6.16. The Hall–Kier alpha value is -1.88. The van der Waals surface area contributed by atoms with Crippen LogP contribution in [0.2, 0.25) is 0 Å². The first-order valence-electron chi connectivity index (χ1n) is 5.82. The minimum Gasteiger partial charge on any atom is -0.366 e. The number of hydrogen-bond donors (Lipinski definition) is 3. The van der Waals surface area contributed by atoms with E-state index in [2.05, 4.69) is 10.6 Å². The largest absolute Gasteiger partial charge is 0.366 e. The number of rotatable bonds is 5. The lowest BCUT2D eigenvalue weighted by atomic mass is 10.1. The summed E-state index contributed by atoms with van der Waals surface area (Å²) in [6, 6.07) is 5.10. The van der Waals surface area contributed by atoms with Crippen LogP contribution in [0, 0.1) is 12.8 Å². The van der Waals surface area contributed by atoms with Gasteiger partial charge in [-0.2, -0.15) is 0 Å². The van der Waals surface area contributed by atoms with Gasteiger partial charge in [-0.25, -0.2) is 0 Å². The molecule has 0 spiro atoms. The molecule has 0 saturated carbocycles. The average Bonchev–Trinajstić information content (AvgIpc) is 2.31. The Bertz CT molecular complexity index is 458. The maximum Gasteiger partial charge on any atom is 0.249 e. The molecule has 1 atom stereocenters. The average molecular weight is 249 g/mol. The molecular formula is C13H19N3O2. The third-order valence-corrected chi connectivity index (χ3v) is 2.82. The molecule has 0 heterocycles. The second-order valence-electron chi connectivity index (χ2n) is 4.29. The lowest BCUT2D eigenvalue weighted by Gasteiger charge is -2.14. The molecule has 4 N–H and O–H groups in total. The predicted molar refractivity (Wildman–Crippen MR) is 71.4 cm³/mol. The minimum atomic E-state index is -0.494. The fourth-order valence-electron chi connectivity index (χ4n) is 1.69. The van der Waals surface area contributed by atoms with Crippen molar-refractivity contribution in [3.8, 4) is 0 Å². The third-order valence-electron chi connectivity index (χ3n) is 2.82. The molecule has 0 radical (unpaired) electrons. The van der Waals surface area contributed by atoms with E-state index in [9.17, 15) is 9.59 Å². The van der Waals surface area contributed by atoms with E-state index in [0.717, 1.165) is 0 Å². The van der Waals surface area contributed by atoms with Gasteiger partial charge in [-0.15, -0.1) is 0 Å². The lowest BCUT2D eigenvalue weighted by molar-refractivity contribution is -0.119. The van der Waals surface area contributed by atoms with Crippen LogP contribution in [0.4, 0.5) is 5.69 Å². The maximum absolute atomic E-state index is 11.9. The summed E-state index contributed by atoms with van der Waals surface area (Å²) in [4.78, 5) is 23.1. The van der Waals surface area contributed by atoms with Crippen LogP contribution in [-0.2, 0) is 4.79 Å². The van der Waals surface area contributed by atoms with Crippen molar-refractivity contribution in [3.63, 3.8) is 0 Å². The van der Waals surface area contributed by atoms with Gasteiger partial charge in [0.25, 0.3) is 0 Å². The van der Waals surface area contributed by atoms with Gasteiger partial charge in [0.15, 0.2) is 0 Å². The van der Waals surface area contributed by atoms with Crippen molar-refractivity contribution in [2.75, 3.05) is 18.9 Å². The molecule has 2 amide bonds.